The van der Waals surface area contributed by atoms with Crippen molar-refractivity contribution in [2.24, 2.45) is 10.8 Å². The molecule has 0 saturated carbocycles. The van der Waals surface area contributed by atoms with E-state index >= 15 is 0 Å². The van der Waals surface area contributed by atoms with Crippen LogP contribution in [0.5, 0.6) is 0 Å². The molecule has 0 radical (unpaired) electrons. The molecule has 1 atom stereocenters. The number of hydrogen-bond donors (Lipinski definition) is 0. The van der Waals surface area contributed by atoms with Gasteiger partial charge in [-0.05, 0) is 27.7 Å². The molecule has 0 aliphatic carbocycles. The van der Waals surface area contributed by atoms with Crippen molar-refractivity contribution in [2.45, 2.75) is 46.5 Å². The van der Waals surface area contributed by atoms with E-state index < -0.39 is 23.2 Å². The average Bonchev–Trinajstić information content (AvgIpc) is 2.55. The van der Waals surface area contributed by atoms with Crippen LogP contribution in [0.3, 0.4) is 0 Å². The first-order chi connectivity index (χ1) is 11.0. The maximum Gasteiger partial charge on any atom is 0.201 e. The summed E-state index contributed by atoms with van der Waals surface area (Å²) in [6.07, 6.45) is -2.01. The molecular weight excluding hydrogens is 296 g/mol. The van der Waals surface area contributed by atoms with Crippen molar-refractivity contribution in [3.63, 3.8) is 0 Å². The lowest BCUT2D eigenvalue weighted by Crippen LogP contribution is -2.49. The van der Waals surface area contributed by atoms with Gasteiger partial charge in [-0.1, -0.05) is 0 Å². The number of ether oxygens (including phenoxy) is 3. The summed E-state index contributed by atoms with van der Waals surface area (Å²) in [4.78, 5) is 0. The van der Waals surface area contributed by atoms with Gasteiger partial charge in [-0.15, -0.1) is 0 Å². The van der Waals surface area contributed by atoms with Crippen molar-refractivity contribution in [3.05, 3.63) is 0 Å². The standard InChI is InChI=1S/C16H22N4O3/c1-5-21-13(4)16(11-19,12-20)15(9-17,10-18)8-14(22-6-2)23-7-3/h13-14H,5-8H2,1-4H3. The molecule has 0 heterocycles. The van der Waals surface area contributed by atoms with Gasteiger partial charge in [-0.2, -0.15) is 21.0 Å². The molecular formula is C16H22N4O3. The molecule has 1 unspecified atom stereocenters. The Bertz CT molecular complexity index is 501. The molecule has 0 aromatic carbocycles. The van der Waals surface area contributed by atoms with E-state index in [1.165, 1.54) is 6.92 Å². The van der Waals surface area contributed by atoms with Gasteiger partial charge < -0.3 is 14.2 Å². The lowest BCUT2D eigenvalue weighted by Gasteiger charge is -2.37. The zero-order valence-corrected chi connectivity index (χ0v) is 14.0. The number of rotatable bonds is 10. The van der Waals surface area contributed by atoms with Gasteiger partial charge in [0.2, 0.25) is 5.41 Å². The highest BCUT2D eigenvalue weighted by molar-refractivity contribution is 5.36. The fourth-order valence-corrected chi connectivity index (χ4v) is 2.36. The largest absolute Gasteiger partial charge is 0.376 e. The molecule has 124 valence electrons. The van der Waals surface area contributed by atoms with Crippen LogP contribution in [0.2, 0.25) is 0 Å². The molecule has 0 saturated heterocycles. The minimum absolute atomic E-state index is 0.222. The molecule has 7 nitrogen and oxygen atoms in total. The van der Waals surface area contributed by atoms with Gasteiger partial charge >= 0.3 is 0 Å². The van der Waals surface area contributed by atoms with Crippen LogP contribution in [-0.4, -0.2) is 32.2 Å². The van der Waals surface area contributed by atoms with E-state index in [0.717, 1.165) is 0 Å². The molecule has 0 N–H and O–H groups in total. The van der Waals surface area contributed by atoms with E-state index in [2.05, 4.69) is 0 Å². The van der Waals surface area contributed by atoms with E-state index in [9.17, 15) is 21.0 Å². The Kier molecular flexibility index (Phi) is 8.86. The minimum Gasteiger partial charge on any atom is -0.376 e. The molecule has 23 heavy (non-hydrogen) atoms. The number of nitriles is 4. The van der Waals surface area contributed by atoms with E-state index in [0.29, 0.717) is 13.2 Å². The van der Waals surface area contributed by atoms with E-state index in [4.69, 9.17) is 14.2 Å². The van der Waals surface area contributed by atoms with E-state index in [1.54, 1.807) is 20.8 Å². The maximum absolute atomic E-state index is 9.64. The van der Waals surface area contributed by atoms with Crippen LogP contribution < -0.4 is 0 Å². The Morgan fingerprint density at radius 3 is 1.52 bits per heavy atom. The predicted octanol–water partition coefficient (Wildman–Crippen LogP) is 2.27. The second-order valence-electron chi connectivity index (χ2n) is 4.80. The molecule has 0 aromatic heterocycles. The van der Waals surface area contributed by atoms with Gasteiger partial charge in [-0.3, -0.25) is 0 Å². The Morgan fingerprint density at radius 1 is 0.783 bits per heavy atom. The third-order valence-corrected chi connectivity index (χ3v) is 3.61. The summed E-state index contributed by atoms with van der Waals surface area (Å²) in [5.74, 6) is 0. The number of hydrogen-bond acceptors (Lipinski definition) is 7. The zero-order chi connectivity index (χ0) is 17.9. The maximum atomic E-state index is 9.64. The molecule has 0 spiro atoms. The normalized spacial score (nSPS) is 12.7. The van der Waals surface area contributed by atoms with Crippen molar-refractivity contribution >= 4 is 0 Å². The Morgan fingerprint density at radius 2 is 1.22 bits per heavy atom. The molecule has 0 fully saturated rings. The van der Waals surface area contributed by atoms with Gasteiger partial charge in [0.25, 0.3) is 0 Å². The molecule has 0 aliphatic rings. The molecule has 7 heteroatoms. The zero-order valence-electron chi connectivity index (χ0n) is 14.0. The second-order valence-corrected chi connectivity index (χ2v) is 4.80. The third-order valence-electron chi connectivity index (χ3n) is 3.61. The minimum atomic E-state index is -1.96. The van der Waals surface area contributed by atoms with Gasteiger partial charge in [-0.25, -0.2) is 0 Å². The summed E-state index contributed by atoms with van der Waals surface area (Å²) >= 11 is 0. The first-order valence-electron chi connectivity index (χ1n) is 7.47. The van der Waals surface area contributed by atoms with Gasteiger partial charge in [0.1, 0.15) is 0 Å². The van der Waals surface area contributed by atoms with Gasteiger partial charge in [0.05, 0.1) is 30.4 Å². The second kappa shape index (κ2) is 9.78. The molecule has 0 bridgehead atoms. The van der Waals surface area contributed by atoms with E-state index in [-0.39, 0.29) is 13.0 Å². The first kappa shape index (κ1) is 20.8. The van der Waals surface area contributed by atoms with Crippen molar-refractivity contribution < 1.29 is 14.2 Å². The summed E-state index contributed by atoms with van der Waals surface area (Å²) in [5.41, 5.74) is -3.90. The van der Waals surface area contributed by atoms with Gasteiger partial charge in [0, 0.05) is 26.2 Å². The fraction of sp³-hybridized carbons (Fsp3) is 0.750. The van der Waals surface area contributed by atoms with Crippen molar-refractivity contribution in [1.82, 2.24) is 0 Å². The van der Waals surface area contributed by atoms with Crippen LogP contribution in [0, 0.1) is 56.2 Å². The first-order valence-corrected chi connectivity index (χ1v) is 7.47. The van der Waals surface area contributed by atoms with Crippen molar-refractivity contribution in [1.29, 1.82) is 21.0 Å². The lowest BCUT2D eigenvalue weighted by molar-refractivity contribution is -0.155. The van der Waals surface area contributed by atoms with Crippen LogP contribution in [0.4, 0.5) is 0 Å². The molecule has 0 aliphatic heterocycles. The summed E-state index contributed by atoms with van der Waals surface area (Å²) in [6.45, 7) is 7.58. The summed E-state index contributed by atoms with van der Waals surface area (Å²) in [7, 11) is 0. The van der Waals surface area contributed by atoms with Crippen molar-refractivity contribution in [2.75, 3.05) is 19.8 Å². The Labute approximate surface area is 137 Å². The van der Waals surface area contributed by atoms with Crippen LogP contribution in [-0.2, 0) is 14.2 Å². The average molecular weight is 318 g/mol. The molecule has 0 amide bonds. The summed E-state index contributed by atoms with van der Waals surface area (Å²) in [5, 5.41) is 38.5. The molecule has 0 aromatic rings. The fourth-order valence-electron chi connectivity index (χ4n) is 2.36. The highest BCUT2D eigenvalue weighted by Gasteiger charge is 2.59. The van der Waals surface area contributed by atoms with E-state index in [1.807, 2.05) is 24.3 Å². The van der Waals surface area contributed by atoms with Crippen LogP contribution in [0.1, 0.15) is 34.1 Å². The van der Waals surface area contributed by atoms with Crippen LogP contribution >= 0.6 is 0 Å². The predicted molar refractivity (Wildman–Crippen MR) is 80.1 cm³/mol. The Hall–Kier alpha value is -2.16. The van der Waals surface area contributed by atoms with Crippen LogP contribution in [0.15, 0.2) is 0 Å². The lowest BCUT2D eigenvalue weighted by atomic mass is 9.61. The Balaban J connectivity index is 5.99. The van der Waals surface area contributed by atoms with Crippen LogP contribution in [0.25, 0.3) is 0 Å². The smallest absolute Gasteiger partial charge is 0.201 e. The quantitative estimate of drug-likeness (QED) is 0.566. The van der Waals surface area contributed by atoms with Crippen molar-refractivity contribution in [3.8, 4) is 24.3 Å². The summed E-state index contributed by atoms with van der Waals surface area (Å²) in [6, 6.07) is 7.38. The highest BCUT2D eigenvalue weighted by Crippen LogP contribution is 2.46. The SMILES string of the molecule is CCOC(CC(C#N)(C#N)C(C#N)(C#N)C(C)OCC)OCC. The topological polar surface area (TPSA) is 123 Å². The monoisotopic (exact) mass is 318 g/mol. The highest BCUT2D eigenvalue weighted by atomic mass is 16.7. The van der Waals surface area contributed by atoms with Gasteiger partial charge in [0.15, 0.2) is 11.7 Å². The third kappa shape index (κ3) is 4.19. The molecule has 0 rings (SSSR count). The number of nitrogens with zero attached hydrogens (tertiary/aromatic N) is 4. The summed E-state index contributed by atoms with van der Waals surface area (Å²) < 4.78 is 16.1.